The Kier molecular flexibility index (Phi) is 7.44. The molecule has 2 aromatic heterocycles. The summed E-state index contributed by atoms with van der Waals surface area (Å²) in [5, 5.41) is 3.07. The predicted octanol–water partition coefficient (Wildman–Crippen LogP) is 1.43. The number of nitrogens with two attached hydrogens (primary N) is 1. The Morgan fingerprint density at radius 2 is 2.33 bits per heavy atom. The van der Waals surface area contributed by atoms with E-state index in [1.807, 2.05) is 41.9 Å². The van der Waals surface area contributed by atoms with Crippen LogP contribution in [-0.4, -0.2) is 41.6 Å². The van der Waals surface area contributed by atoms with Crippen molar-refractivity contribution in [2.24, 2.45) is 10.7 Å². The number of halogens is 1. The second-order valence-electron chi connectivity index (χ2n) is 4.72. The Balaban J connectivity index is 0.00000220. The fraction of sp³-hybridized carbons (Fsp3) is 0.429. The molecule has 0 aliphatic heterocycles. The van der Waals surface area contributed by atoms with E-state index in [0.717, 1.165) is 17.8 Å². The number of ether oxygens (including phenoxy) is 1. The third-order valence-electron chi connectivity index (χ3n) is 2.87. The normalized spacial score (nSPS) is 13.0. The van der Waals surface area contributed by atoms with Crippen molar-refractivity contribution in [3.05, 3.63) is 36.3 Å². The summed E-state index contributed by atoms with van der Waals surface area (Å²) in [4.78, 5) is 8.80. The van der Waals surface area contributed by atoms with Gasteiger partial charge in [0.25, 0.3) is 0 Å². The lowest BCUT2D eigenvalue weighted by molar-refractivity contribution is 0.179. The van der Waals surface area contributed by atoms with Gasteiger partial charge in [0.15, 0.2) is 5.96 Å². The molecule has 21 heavy (non-hydrogen) atoms. The van der Waals surface area contributed by atoms with E-state index in [1.165, 1.54) is 0 Å². The van der Waals surface area contributed by atoms with E-state index in [0.29, 0.717) is 19.1 Å². The maximum Gasteiger partial charge on any atom is 0.188 e. The molecule has 0 aliphatic carbocycles. The van der Waals surface area contributed by atoms with Crippen molar-refractivity contribution >= 4 is 35.6 Å². The van der Waals surface area contributed by atoms with Gasteiger partial charge in [-0.3, -0.25) is 4.99 Å². The highest BCUT2D eigenvalue weighted by molar-refractivity contribution is 14.0. The molecule has 116 valence electrons. The van der Waals surface area contributed by atoms with Gasteiger partial charge in [-0.15, -0.1) is 24.0 Å². The van der Waals surface area contributed by atoms with Gasteiger partial charge < -0.3 is 20.2 Å². The van der Waals surface area contributed by atoms with Gasteiger partial charge in [-0.1, -0.05) is 6.07 Å². The van der Waals surface area contributed by atoms with Crippen LogP contribution in [0.25, 0.3) is 5.65 Å². The lowest BCUT2D eigenvalue weighted by Gasteiger charge is -2.12. The summed E-state index contributed by atoms with van der Waals surface area (Å²) in [5.41, 5.74) is 7.76. The van der Waals surface area contributed by atoms with Crippen molar-refractivity contribution in [3.8, 4) is 0 Å². The SMILES string of the molecule is COCC(C)NC(N)=NCCc1cn2ccccc2n1.I. The topological polar surface area (TPSA) is 76.9 Å². The van der Waals surface area contributed by atoms with Crippen molar-refractivity contribution in [2.75, 3.05) is 20.3 Å². The molecule has 0 aromatic carbocycles. The first-order chi connectivity index (χ1) is 9.69. The van der Waals surface area contributed by atoms with Crippen LogP contribution in [0.2, 0.25) is 0 Å². The average Bonchev–Trinajstić information content (AvgIpc) is 2.81. The Labute approximate surface area is 141 Å². The van der Waals surface area contributed by atoms with Crippen LogP contribution in [0.3, 0.4) is 0 Å². The molecule has 0 fully saturated rings. The number of pyridine rings is 1. The van der Waals surface area contributed by atoms with E-state index < -0.39 is 0 Å². The highest BCUT2D eigenvalue weighted by Gasteiger charge is 2.02. The Hall–Kier alpha value is -1.35. The highest BCUT2D eigenvalue weighted by atomic mass is 127. The van der Waals surface area contributed by atoms with Crippen LogP contribution in [0.1, 0.15) is 12.6 Å². The van der Waals surface area contributed by atoms with Crippen LogP contribution in [0, 0.1) is 0 Å². The molecule has 7 heteroatoms. The average molecular weight is 403 g/mol. The van der Waals surface area contributed by atoms with Gasteiger partial charge in [0, 0.05) is 38.5 Å². The number of imidazole rings is 1. The number of fused-ring (bicyclic) bond motifs is 1. The standard InChI is InChI=1S/C14H21N5O.HI/c1-11(10-20-2)17-14(15)16-7-6-12-9-19-8-4-3-5-13(19)18-12;/h3-5,8-9,11H,6-7,10H2,1-2H3,(H3,15,16,17);1H. The van der Waals surface area contributed by atoms with Crippen LogP contribution in [0.15, 0.2) is 35.6 Å². The minimum atomic E-state index is 0. The molecule has 0 spiro atoms. The third kappa shape index (κ3) is 5.50. The monoisotopic (exact) mass is 403 g/mol. The number of guanidine groups is 1. The van der Waals surface area contributed by atoms with Gasteiger partial charge in [-0.25, -0.2) is 4.98 Å². The van der Waals surface area contributed by atoms with Crippen molar-refractivity contribution < 1.29 is 4.74 Å². The van der Waals surface area contributed by atoms with Crippen LogP contribution in [0.4, 0.5) is 0 Å². The first-order valence-corrected chi connectivity index (χ1v) is 6.67. The van der Waals surface area contributed by atoms with Crippen molar-refractivity contribution in [2.45, 2.75) is 19.4 Å². The molecule has 2 rings (SSSR count). The molecule has 1 atom stereocenters. The molecule has 0 saturated heterocycles. The highest BCUT2D eigenvalue weighted by Crippen LogP contribution is 2.04. The zero-order chi connectivity index (χ0) is 14.4. The van der Waals surface area contributed by atoms with Crippen molar-refractivity contribution in [3.63, 3.8) is 0 Å². The summed E-state index contributed by atoms with van der Waals surface area (Å²) in [6, 6.07) is 6.09. The summed E-state index contributed by atoms with van der Waals surface area (Å²) < 4.78 is 7.03. The summed E-state index contributed by atoms with van der Waals surface area (Å²) in [5.74, 6) is 0.443. The second-order valence-corrected chi connectivity index (χ2v) is 4.72. The molecule has 2 heterocycles. The smallest absolute Gasteiger partial charge is 0.188 e. The number of rotatable bonds is 6. The van der Waals surface area contributed by atoms with E-state index in [9.17, 15) is 0 Å². The van der Waals surface area contributed by atoms with Gasteiger partial charge in [0.2, 0.25) is 0 Å². The molecule has 0 radical (unpaired) electrons. The van der Waals surface area contributed by atoms with Crippen LogP contribution >= 0.6 is 24.0 Å². The summed E-state index contributed by atoms with van der Waals surface area (Å²) in [7, 11) is 1.66. The van der Waals surface area contributed by atoms with E-state index in [-0.39, 0.29) is 30.0 Å². The van der Waals surface area contributed by atoms with Crippen molar-refractivity contribution in [1.29, 1.82) is 0 Å². The molecule has 2 aromatic rings. The zero-order valence-electron chi connectivity index (χ0n) is 12.3. The zero-order valence-corrected chi connectivity index (χ0v) is 14.7. The van der Waals surface area contributed by atoms with E-state index in [1.54, 1.807) is 7.11 Å². The quantitative estimate of drug-likeness (QED) is 0.435. The molecule has 0 bridgehead atoms. The molecule has 1 unspecified atom stereocenters. The number of aromatic nitrogens is 2. The first kappa shape index (κ1) is 17.7. The second kappa shape index (κ2) is 8.83. The number of hydrogen-bond donors (Lipinski definition) is 2. The fourth-order valence-corrected chi connectivity index (χ4v) is 1.99. The first-order valence-electron chi connectivity index (χ1n) is 6.67. The van der Waals surface area contributed by atoms with Crippen molar-refractivity contribution in [1.82, 2.24) is 14.7 Å². The number of aliphatic imine (C=N–C) groups is 1. The minimum Gasteiger partial charge on any atom is -0.383 e. The minimum absolute atomic E-state index is 0. The summed E-state index contributed by atoms with van der Waals surface area (Å²) >= 11 is 0. The maximum atomic E-state index is 5.80. The maximum absolute atomic E-state index is 5.80. The molecule has 3 N–H and O–H groups in total. The summed E-state index contributed by atoms with van der Waals surface area (Å²) in [6.07, 6.45) is 4.77. The Morgan fingerprint density at radius 3 is 3.05 bits per heavy atom. The molecule has 0 saturated carbocycles. The largest absolute Gasteiger partial charge is 0.383 e. The van der Waals surface area contributed by atoms with E-state index >= 15 is 0 Å². The lowest BCUT2D eigenvalue weighted by Crippen LogP contribution is -2.40. The van der Waals surface area contributed by atoms with Gasteiger partial charge in [-0.2, -0.15) is 0 Å². The fourth-order valence-electron chi connectivity index (χ4n) is 1.99. The number of hydrogen-bond acceptors (Lipinski definition) is 3. The van der Waals surface area contributed by atoms with E-state index in [2.05, 4.69) is 15.3 Å². The predicted molar refractivity (Wildman–Crippen MR) is 95.3 cm³/mol. The van der Waals surface area contributed by atoms with Gasteiger partial charge in [0.05, 0.1) is 12.3 Å². The lowest BCUT2D eigenvalue weighted by atomic mass is 10.3. The van der Waals surface area contributed by atoms with Gasteiger partial charge >= 0.3 is 0 Å². The molecule has 0 aliphatic rings. The van der Waals surface area contributed by atoms with Crippen LogP contribution in [-0.2, 0) is 11.2 Å². The van der Waals surface area contributed by atoms with Crippen LogP contribution in [0.5, 0.6) is 0 Å². The third-order valence-corrected chi connectivity index (χ3v) is 2.87. The Bertz CT molecular complexity index is 551. The number of nitrogens with one attached hydrogen (secondary N) is 1. The molecular weight excluding hydrogens is 381 g/mol. The number of nitrogens with zero attached hydrogens (tertiary/aromatic N) is 3. The van der Waals surface area contributed by atoms with Crippen LogP contribution < -0.4 is 11.1 Å². The molecular formula is C14H22IN5O. The molecule has 6 nitrogen and oxygen atoms in total. The molecule has 0 amide bonds. The summed E-state index contributed by atoms with van der Waals surface area (Å²) in [6.45, 7) is 3.21. The van der Waals surface area contributed by atoms with Gasteiger partial charge in [0.1, 0.15) is 5.65 Å². The van der Waals surface area contributed by atoms with Gasteiger partial charge in [-0.05, 0) is 19.1 Å². The van der Waals surface area contributed by atoms with E-state index in [4.69, 9.17) is 10.5 Å². The Morgan fingerprint density at radius 1 is 1.52 bits per heavy atom. The number of methoxy groups -OCH3 is 1.